The van der Waals surface area contributed by atoms with E-state index in [0.29, 0.717) is 17.0 Å². The number of nitrogens with zero attached hydrogens (tertiary/aromatic N) is 4. The fourth-order valence-corrected chi connectivity index (χ4v) is 4.34. The van der Waals surface area contributed by atoms with Gasteiger partial charge >= 0.3 is 5.69 Å². The number of thioether (sulfide) groups is 1. The molecule has 0 bridgehead atoms. The average molecular weight is 348 g/mol. The fraction of sp³-hybridized carbons (Fsp3) is 0.647. The van der Waals surface area contributed by atoms with Crippen molar-refractivity contribution in [2.45, 2.75) is 56.4 Å². The largest absolute Gasteiger partial charge is 0.332 e. The Labute approximate surface area is 145 Å². The van der Waals surface area contributed by atoms with Crippen LogP contribution in [-0.2, 0) is 14.1 Å². The Bertz CT molecular complexity index is 865. The third kappa shape index (κ3) is 3.01. The van der Waals surface area contributed by atoms with Crippen LogP contribution in [0.1, 0.15) is 57.2 Å². The van der Waals surface area contributed by atoms with Crippen LogP contribution in [0.2, 0.25) is 0 Å². The minimum absolute atomic E-state index is 0.301. The zero-order valence-corrected chi connectivity index (χ0v) is 15.4. The SMILES string of the molecule is CCCCSc1nc(C2CCCC2)nc2c1c(=O)n(C)c(=O)n2C. The maximum absolute atomic E-state index is 12.6. The van der Waals surface area contributed by atoms with E-state index in [-0.39, 0.29) is 11.2 Å². The first-order valence-corrected chi connectivity index (χ1v) is 9.63. The van der Waals surface area contributed by atoms with Crippen molar-refractivity contribution in [3.63, 3.8) is 0 Å². The first-order chi connectivity index (χ1) is 11.5. The highest BCUT2D eigenvalue weighted by molar-refractivity contribution is 7.99. The topological polar surface area (TPSA) is 69.8 Å². The van der Waals surface area contributed by atoms with Crippen LogP contribution in [0.5, 0.6) is 0 Å². The highest BCUT2D eigenvalue weighted by Gasteiger charge is 2.24. The monoisotopic (exact) mass is 348 g/mol. The van der Waals surface area contributed by atoms with E-state index in [4.69, 9.17) is 4.98 Å². The number of aryl methyl sites for hydroxylation is 1. The minimum Gasteiger partial charge on any atom is -0.280 e. The van der Waals surface area contributed by atoms with E-state index in [2.05, 4.69) is 11.9 Å². The minimum atomic E-state index is -0.340. The van der Waals surface area contributed by atoms with Crippen LogP contribution in [0.15, 0.2) is 14.6 Å². The molecule has 1 saturated carbocycles. The van der Waals surface area contributed by atoms with Crippen molar-refractivity contribution in [1.29, 1.82) is 0 Å². The molecule has 0 aliphatic heterocycles. The van der Waals surface area contributed by atoms with Crippen molar-refractivity contribution in [1.82, 2.24) is 19.1 Å². The fourth-order valence-electron chi connectivity index (χ4n) is 3.23. The summed E-state index contributed by atoms with van der Waals surface area (Å²) in [6.45, 7) is 2.14. The highest BCUT2D eigenvalue weighted by atomic mass is 32.2. The van der Waals surface area contributed by atoms with Crippen molar-refractivity contribution in [3.8, 4) is 0 Å². The van der Waals surface area contributed by atoms with E-state index in [1.54, 1.807) is 18.8 Å². The summed E-state index contributed by atoms with van der Waals surface area (Å²) >= 11 is 1.61. The Morgan fingerprint density at radius 2 is 1.83 bits per heavy atom. The van der Waals surface area contributed by atoms with Crippen molar-refractivity contribution < 1.29 is 0 Å². The predicted molar refractivity (Wildman–Crippen MR) is 96.9 cm³/mol. The normalized spacial score (nSPS) is 15.5. The molecule has 0 saturated heterocycles. The maximum atomic E-state index is 12.6. The highest BCUT2D eigenvalue weighted by Crippen LogP contribution is 2.34. The van der Waals surface area contributed by atoms with Crippen molar-refractivity contribution in [3.05, 3.63) is 26.7 Å². The second-order valence-corrected chi connectivity index (χ2v) is 7.56. The summed E-state index contributed by atoms with van der Waals surface area (Å²) in [5.74, 6) is 2.06. The molecule has 3 rings (SSSR count). The molecule has 1 aliphatic rings. The van der Waals surface area contributed by atoms with Gasteiger partial charge in [0.2, 0.25) is 0 Å². The van der Waals surface area contributed by atoms with Gasteiger partial charge in [0.1, 0.15) is 16.2 Å². The molecule has 1 aliphatic carbocycles. The molecule has 0 atom stereocenters. The Balaban J connectivity index is 2.23. The summed E-state index contributed by atoms with van der Waals surface area (Å²) in [7, 11) is 3.19. The first-order valence-electron chi connectivity index (χ1n) is 8.65. The molecule has 2 aromatic heterocycles. The average Bonchev–Trinajstić information content (AvgIpc) is 3.12. The maximum Gasteiger partial charge on any atom is 0.332 e. The molecule has 7 heteroatoms. The van der Waals surface area contributed by atoms with E-state index in [9.17, 15) is 9.59 Å². The number of hydrogen-bond acceptors (Lipinski definition) is 5. The van der Waals surface area contributed by atoms with Crippen LogP contribution >= 0.6 is 11.8 Å². The molecule has 130 valence electrons. The van der Waals surface area contributed by atoms with Gasteiger partial charge in [-0.15, -0.1) is 11.8 Å². The third-order valence-corrected chi connectivity index (χ3v) is 5.80. The molecule has 2 heterocycles. The molecule has 6 nitrogen and oxygen atoms in total. The summed E-state index contributed by atoms with van der Waals surface area (Å²) in [6, 6.07) is 0. The zero-order valence-electron chi connectivity index (χ0n) is 14.5. The lowest BCUT2D eigenvalue weighted by atomic mass is 10.1. The van der Waals surface area contributed by atoms with E-state index in [1.165, 1.54) is 24.5 Å². The number of unbranched alkanes of at least 4 members (excludes halogenated alkanes) is 1. The second kappa shape index (κ2) is 7.09. The van der Waals surface area contributed by atoms with Gasteiger partial charge < -0.3 is 0 Å². The summed E-state index contributed by atoms with van der Waals surface area (Å²) in [6.07, 6.45) is 6.73. The van der Waals surface area contributed by atoms with Gasteiger partial charge in [-0.3, -0.25) is 13.9 Å². The number of aromatic nitrogens is 4. The molecule has 0 unspecified atom stereocenters. The van der Waals surface area contributed by atoms with Crippen molar-refractivity contribution in [2.75, 3.05) is 5.75 Å². The Morgan fingerprint density at radius 1 is 1.12 bits per heavy atom. The van der Waals surface area contributed by atoms with Crippen molar-refractivity contribution >= 4 is 22.8 Å². The van der Waals surface area contributed by atoms with Gasteiger partial charge in [-0.05, 0) is 25.0 Å². The Morgan fingerprint density at radius 3 is 2.50 bits per heavy atom. The smallest absolute Gasteiger partial charge is 0.280 e. The Kier molecular flexibility index (Phi) is 5.08. The summed E-state index contributed by atoms with van der Waals surface area (Å²) < 4.78 is 2.62. The third-order valence-electron chi connectivity index (χ3n) is 4.74. The van der Waals surface area contributed by atoms with Crippen LogP contribution in [0.3, 0.4) is 0 Å². The molecular weight excluding hydrogens is 324 g/mol. The van der Waals surface area contributed by atoms with E-state index in [1.807, 2.05) is 0 Å². The lowest BCUT2D eigenvalue weighted by Gasteiger charge is -2.14. The molecule has 1 fully saturated rings. The number of hydrogen-bond donors (Lipinski definition) is 0. The molecule has 0 amide bonds. The van der Waals surface area contributed by atoms with Gasteiger partial charge in [-0.1, -0.05) is 26.2 Å². The van der Waals surface area contributed by atoms with Gasteiger partial charge in [-0.25, -0.2) is 14.8 Å². The molecule has 0 spiro atoms. The lowest BCUT2D eigenvalue weighted by Crippen LogP contribution is -2.38. The Hall–Kier alpha value is -1.63. The summed E-state index contributed by atoms with van der Waals surface area (Å²) in [5, 5.41) is 1.20. The first kappa shape index (κ1) is 17.2. The van der Waals surface area contributed by atoms with Crippen LogP contribution in [0, 0.1) is 0 Å². The van der Waals surface area contributed by atoms with Gasteiger partial charge in [0.05, 0.1) is 0 Å². The molecule has 24 heavy (non-hydrogen) atoms. The van der Waals surface area contributed by atoms with Crippen LogP contribution in [-0.4, -0.2) is 24.9 Å². The standard InChI is InChI=1S/C17H24N4O2S/c1-4-5-10-24-15-12-14(20(2)17(23)21(3)16(12)22)18-13(19-15)11-8-6-7-9-11/h11H,4-10H2,1-3H3. The second-order valence-electron chi connectivity index (χ2n) is 6.47. The summed E-state index contributed by atoms with van der Waals surface area (Å²) in [4.78, 5) is 34.3. The molecule has 0 aromatic carbocycles. The quantitative estimate of drug-likeness (QED) is 0.472. The van der Waals surface area contributed by atoms with E-state index in [0.717, 1.165) is 46.9 Å². The molecule has 0 radical (unpaired) electrons. The van der Waals surface area contributed by atoms with E-state index >= 15 is 0 Å². The van der Waals surface area contributed by atoms with Crippen LogP contribution in [0.4, 0.5) is 0 Å². The molecule has 0 N–H and O–H groups in total. The molecule has 2 aromatic rings. The lowest BCUT2D eigenvalue weighted by molar-refractivity contribution is 0.648. The van der Waals surface area contributed by atoms with Gasteiger partial charge in [0, 0.05) is 20.0 Å². The number of rotatable bonds is 5. The van der Waals surface area contributed by atoms with Crippen LogP contribution < -0.4 is 11.2 Å². The van der Waals surface area contributed by atoms with Gasteiger partial charge in [0.15, 0.2) is 5.65 Å². The van der Waals surface area contributed by atoms with Crippen LogP contribution in [0.25, 0.3) is 11.0 Å². The number of fused-ring (bicyclic) bond motifs is 1. The predicted octanol–water partition coefficient (Wildman–Crippen LogP) is 2.58. The van der Waals surface area contributed by atoms with Crippen molar-refractivity contribution in [2.24, 2.45) is 14.1 Å². The molecular formula is C17H24N4O2S. The van der Waals surface area contributed by atoms with Gasteiger partial charge in [0.25, 0.3) is 5.56 Å². The zero-order chi connectivity index (χ0) is 17.3. The summed E-state index contributed by atoms with van der Waals surface area (Å²) in [5.41, 5.74) is -0.169. The van der Waals surface area contributed by atoms with E-state index < -0.39 is 0 Å². The van der Waals surface area contributed by atoms with Gasteiger partial charge in [-0.2, -0.15) is 0 Å².